The highest BCUT2D eigenvalue weighted by Crippen LogP contribution is 2.62. The van der Waals surface area contributed by atoms with E-state index in [9.17, 15) is 24.4 Å². The highest BCUT2D eigenvalue weighted by Gasteiger charge is 2.53. The summed E-state index contributed by atoms with van der Waals surface area (Å²) in [6, 6.07) is 1.66. The lowest BCUT2D eigenvalue weighted by Crippen LogP contribution is -2.52. The summed E-state index contributed by atoms with van der Waals surface area (Å²) in [5, 5.41) is 8.45. The number of carbonyl (C=O) groups is 1. The Morgan fingerprint density at radius 2 is 1.92 bits per heavy atom. The maximum absolute atomic E-state index is 12.2. The van der Waals surface area contributed by atoms with Gasteiger partial charge in [0, 0.05) is 6.54 Å². The second kappa shape index (κ2) is 7.65. The van der Waals surface area contributed by atoms with Crippen molar-refractivity contribution in [3.63, 3.8) is 0 Å². The van der Waals surface area contributed by atoms with Gasteiger partial charge in [-0.3, -0.25) is 9.46 Å². The summed E-state index contributed by atoms with van der Waals surface area (Å²) in [6.45, 7) is 4.20. The van der Waals surface area contributed by atoms with Crippen LogP contribution in [-0.4, -0.2) is 45.6 Å². The Labute approximate surface area is 149 Å². The molecule has 0 radical (unpaired) electrons. The lowest BCUT2D eigenvalue weighted by Gasteiger charge is -2.49. The summed E-state index contributed by atoms with van der Waals surface area (Å²) in [4.78, 5) is 33.4. The van der Waals surface area contributed by atoms with E-state index in [2.05, 4.69) is 6.07 Å². The topological polar surface area (TPSA) is 111 Å². The number of methoxy groups -OCH3 is 1. The van der Waals surface area contributed by atoms with Crippen LogP contribution in [0.15, 0.2) is 0 Å². The van der Waals surface area contributed by atoms with Crippen LogP contribution in [0.4, 0.5) is 4.79 Å². The number of fused-ring (bicyclic) bond motifs is 1. The summed E-state index contributed by atoms with van der Waals surface area (Å²) in [6.07, 6.45) is 3.27. The van der Waals surface area contributed by atoms with E-state index in [1.54, 1.807) is 0 Å². The molecule has 2 aliphatic rings. The van der Waals surface area contributed by atoms with Gasteiger partial charge in [-0.15, -0.1) is 0 Å². The van der Waals surface area contributed by atoms with Gasteiger partial charge >= 0.3 is 13.7 Å². The van der Waals surface area contributed by atoms with Crippen LogP contribution in [0.25, 0.3) is 0 Å². The average Bonchev–Trinajstić information content (AvgIpc) is 2.60. The summed E-state index contributed by atoms with van der Waals surface area (Å²) in [7, 11) is -2.91. The molecule has 1 saturated heterocycles. The zero-order valence-corrected chi connectivity index (χ0v) is 16.1. The van der Waals surface area contributed by atoms with Crippen LogP contribution in [0.3, 0.4) is 0 Å². The van der Waals surface area contributed by atoms with Crippen molar-refractivity contribution in [2.45, 2.75) is 63.6 Å². The Morgan fingerprint density at radius 1 is 1.28 bits per heavy atom. The Hall–Kier alpha value is -1.09. The molecule has 1 unspecified atom stereocenters. The molecule has 0 bridgehead atoms. The number of ether oxygens (including phenoxy) is 1. The van der Waals surface area contributed by atoms with E-state index < -0.39 is 24.9 Å². The van der Waals surface area contributed by atoms with Gasteiger partial charge in [0.05, 0.1) is 18.3 Å². The van der Waals surface area contributed by atoms with Gasteiger partial charge in [-0.05, 0) is 56.3 Å². The molecular formula is C17H29N2O5P. The molecule has 1 saturated carbocycles. The Bertz CT molecular complexity index is 580. The molecule has 25 heavy (non-hydrogen) atoms. The van der Waals surface area contributed by atoms with E-state index in [0.717, 1.165) is 12.8 Å². The van der Waals surface area contributed by atoms with Crippen molar-refractivity contribution in [3.8, 4) is 6.07 Å². The number of likely N-dealkylation sites (tertiary alicyclic amines) is 1. The molecule has 8 heteroatoms. The number of amides is 1. The summed E-state index contributed by atoms with van der Waals surface area (Å²) < 4.78 is 17.0. The fourth-order valence-corrected chi connectivity index (χ4v) is 6.59. The smallest absolute Gasteiger partial charge is 0.410 e. The predicted molar refractivity (Wildman–Crippen MR) is 92.8 cm³/mol. The van der Waals surface area contributed by atoms with Crippen molar-refractivity contribution < 1.29 is 23.9 Å². The molecule has 1 aliphatic carbocycles. The lowest BCUT2D eigenvalue weighted by molar-refractivity contribution is 0.0272. The second-order valence-electron chi connectivity index (χ2n) is 7.39. The summed E-state index contributed by atoms with van der Waals surface area (Å²) >= 11 is 0. The predicted octanol–water partition coefficient (Wildman–Crippen LogP) is 3.12. The minimum atomic E-state index is -4.23. The molecule has 0 spiro atoms. The van der Waals surface area contributed by atoms with Crippen LogP contribution < -0.4 is 0 Å². The minimum absolute atomic E-state index is 0.0476. The van der Waals surface area contributed by atoms with Crippen molar-refractivity contribution in [2.75, 3.05) is 13.7 Å². The first-order chi connectivity index (χ1) is 11.7. The number of rotatable bonds is 4. The minimum Gasteiger partial charge on any atom is -0.453 e. The molecular weight excluding hydrogens is 343 g/mol. The van der Waals surface area contributed by atoms with Gasteiger partial charge in [0.1, 0.15) is 6.04 Å². The van der Waals surface area contributed by atoms with Crippen LogP contribution in [-0.2, 0) is 9.30 Å². The first-order valence-corrected chi connectivity index (χ1v) is 10.6. The highest BCUT2D eigenvalue weighted by molar-refractivity contribution is 7.53. The van der Waals surface area contributed by atoms with Gasteiger partial charge in [0.2, 0.25) is 0 Å². The van der Waals surface area contributed by atoms with Crippen LogP contribution in [0, 0.1) is 29.1 Å². The molecule has 1 heterocycles. The molecule has 1 aliphatic heterocycles. The average molecular weight is 372 g/mol. The largest absolute Gasteiger partial charge is 0.453 e. The van der Waals surface area contributed by atoms with Crippen molar-refractivity contribution in [1.29, 1.82) is 5.26 Å². The molecule has 2 N–H and O–H groups in total. The number of nitriles is 1. The third-order valence-corrected chi connectivity index (χ3v) is 8.75. The molecule has 2 rings (SSSR count). The second-order valence-corrected chi connectivity index (χ2v) is 9.37. The van der Waals surface area contributed by atoms with Crippen LogP contribution >= 0.6 is 7.60 Å². The van der Waals surface area contributed by atoms with Crippen LogP contribution in [0.2, 0.25) is 0 Å². The summed E-state index contributed by atoms with van der Waals surface area (Å²) in [5.41, 5.74) is 0. The van der Waals surface area contributed by atoms with Crippen molar-refractivity contribution in [1.82, 2.24) is 4.90 Å². The Morgan fingerprint density at radius 3 is 2.40 bits per heavy atom. The highest BCUT2D eigenvalue weighted by atomic mass is 31.2. The standard InChI is InChI=1S/C17H29N2O5P/c1-4-17(5-2,25(21,22)23)14-7-6-12-11-19(16(20)24-3)15(10-18)9-13(12)8-14/h12-15H,4-9,11H2,1-3H3,(H2,21,22,23)/t12-,13+,14-,15?/m0/s1. The third-order valence-electron chi connectivity index (χ3n) is 6.60. The molecule has 0 aromatic rings. The molecule has 7 nitrogen and oxygen atoms in total. The fourth-order valence-electron chi connectivity index (χ4n) is 5.06. The van der Waals surface area contributed by atoms with Crippen molar-refractivity contribution in [2.24, 2.45) is 17.8 Å². The fraction of sp³-hybridized carbons (Fsp3) is 0.882. The quantitative estimate of drug-likeness (QED) is 0.734. The van der Waals surface area contributed by atoms with E-state index >= 15 is 0 Å². The number of carbonyl (C=O) groups excluding carboxylic acids is 1. The number of hydrogen-bond donors (Lipinski definition) is 2. The zero-order valence-electron chi connectivity index (χ0n) is 15.2. The van der Waals surface area contributed by atoms with Crippen LogP contribution in [0.5, 0.6) is 0 Å². The number of piperidine rings is 1. The van der Waals surface area contributed by atoms with E-state index in [0.29, 0.717) is 32.2 Å². The van der Waals surface area contributed by atoms with Gasteiger partial charge in [-0.1, -0.05) is 13.8 Å². The van der Waals surface area contributed by atoms with Gasteiger partial charge in [-0.25, -0.2) is 4.79 Å². The van der Waals surface area contributed by atoms with Crippen molar-refractivity contribution >= 4 is 13.7 Å². The molecule has 1 amide bonds. The Balaban J connectivity index is 2.20. The molecule has 2 fully saturated rings. The number of hydrogen-bond acceptors (Lipinski definition) is 4. The van der Waals surface area contributed by atoms with Gasteiger partial charge in [-0.2, -0.15) is 5.26 Å². The first-order valence-electron chi connectivity index (χ1n) is 9.03. The van der Waals surface area contributed by atoms with Gasteiger partial charge in [0.15, 0.2) is 0 Å². The Kier molecular flexibility index (Phi) is 6.19. The van der Waals surface area contributed by atoms with Crippen molar-refractivity contribution in [3.05, 3.63) is 0 Å². The first kappa shape index (κ1) is 20.2. The maximum atomic E-state index is 12.2. The monoisotopic (exact) mass is 372 g/mol. The molecule has 0 aromatic carbocycles. The number of nitrogens with zero attached hydrogens (tertiary/aromatic N) is 2. The SMILES string of the molecule is CCC(CC)([C@H]1CC[C@H]2CN(C(=O)OC)C(C#N)C[C@H]2C1)P(=O)(O)O. The molecule has 0 aromatic heterocycles. The lowest BCUT2D eigenvalue weighted by atomic mass is 9.65. The van der Waals surface area contributed by atoms with E-state index in [-0.39, 0.29) is 17.8 Å². The normalized spacial score (nSPS) is 30.3. The maximum Gasteiger partial charge on any atom is 0.410 e. The van der Waals surface area contributed by atoms with E-state index in [1.165, 1.54) is 12.0 Å². The van der Waals surface area contributed by atoms with Gasteiger partial charge in [0.25, 0.3) is 0 Å². The summed E-state index contributed by atoms with van der Waals surface area (Å²) in [5.74, 6) is 0.435. The van der Waals surface area contributed by atoms with Crippen LogP contribution in [0.1, 0.15) is 52.4 Å². The van der Waals surface area contributed by atoms with Gasteiger partial charge < -0.3 is 14.5 Å². The molecule has 4 atom stereocenters. The van der Waals surface area contributed by atoms with E-state index in [1.807, 2.05) is 13.8 Å². The third kappa shape index (κ3) is 3.58. The molecule has 142 valence electrons. The van der Waals surface area contributed by atoms with E-state index in [4.69, 9.17) is 4.74 Å². The zero-order chi connectivity index (χ0) is 18.8.